The third-order valence-corrected chi connectivity index (χ3v) is 6.39. The standard InChI is InChI=1S/C18H19ClN2O4S/c1-13(22)14-4-2-6-16(10-14)26(23,24)21-9-3-5-15(12-21)25-18-7-8-20-11-17(18)19/h2,4,6-8,10-11,15H,3,5,9,12H2,1H3. The molecule has 1 saturated heterocycles. The van der Waals surface area contributed by atoms with Gasteiger partial charge in [-0.1, -0.05) is 23.7 Å². The molecule has 8 heteroatoms. The maximum absolute atomic E-state index is 12.9. The quantitative estimate of drug-likeness (QED) is 0.728. The first-order valence-corrected chi connectivity index (χ1v) is 10.1. The van der Waals surface area contributed by atoms with Crippen LogP contribution in [-0.4, -0.2) is 42.7 Å². The second-order valence-electron chi connectivity index (χ2n) is 6.14. The van der Waals surface area contributed by atoms with Crippen molar-refractivity contribution in [3.05, 3.63) is 53.3 Å². The Balaban J connectivity index is 1.79. The summed E-state index contributed by atoms with van der Waals surface area (Å²) >= 11 is 6.06. The van der Waals surface area contributed by atoms with Gasteiger partial charge in [-0.15, -0.1) is 0 Å². The van der Waals surface area contributed by atoms with E-state index in [0.717, 1.165) is 6.42 Å². The summed E-state index contributed by atoms with van der Waals surface area (Å²) in [5.74, 6) is 0.318. The van der Waals surface area contributed by atoms with E-state index in [9.17, 15) is 13.2 Å². The van der Waals surface area contributed by atoms with Crippen molar-refractivity contribution in [2.45, 2.75) is 30.8 Å². The van der Waals surface area contributed by atoms with Crippen LogP contribution < -0.4 is 4.74 Å². The van der Waals surface area contributed by atoms with Gasteiger partial charge in [-0.3, -0.25) is 9.78 Å². The first kappa shape index (κ1) is 18.8. The van der Waals surface area contributed by atoms with Crippen LogP contribution in [0.15, 0.2) is 47.6 Å². The van der Waals surface area contributed by atoms with Crippen molar-refractivity contribution >= 4 is 27.4 Å². The van der Waals surface area contributed by atoms with E-state index in [1.807, 2.05) is 0 Å². The molecule has 0 N–H and O–H groups in total. The Labute approximate surface area is 157 Å². The minimum atomic E-state index is -3.70. The molecular formula is C18H19ClN2O4S. The molecule has 1 aliphatic rings. The smallest absolute Gasteiger partial charge is 0.243 e. The number of ether oxygens (including phenoxy) is 1. The molecule has 1 aromatic heterocycles. The molecule has 2 heterocycles. The van der Waals surface area contributed by atoms with Crippen LogP contribution in [0.5, 0.6) is 5.75 Å². The maximum atomic E-state index is 12.9. The fourth-order valence-electron chi connectivity index (χ4n) is 2.88. The number of benzene rings is 1. The normalized spacial score (nSPS) is 18.5. The van der Waals surface area contributed by atoms with Crippen LogP contribution >= 0.6 is 11.6 Å². The highest BCUT2D eigenvalue weighted by Gasteiger charge is 2.31. The van der Waals surface area contributed by atoms with E-state index < -0.39 is 10.0 Å². The second kappa shape index (κ2) is 7.73. The minimum absolute atomic E-state index is 0.118. The lowest BCUT2D eigenvalue weighted by atomic mass is 10.1. The van der Waals surface area contributed by atoms with Crippen LogP contribution in [0.1, 0.15) is 30.1 Å². The van der Waals surface area contributed by atoms with Gasteiger partial charge in [0, 0.05) is 30.6 Å². The molecule has 3 rings (SSSR count). The van der Waals surface area contributed by atoms with Gasteiger partial charge in [0.1, 0.15) is 16.9 Å². The second-order valence-corrected chi connectivity index (χ2v) is 8.48. The number of carbonyl (C=O) groups is 1. The Morgan fingerprint density at radius 2 is 2.15 bits per heavy atom. The molecule has 6 nitrogen and oxygen atoms in total. The first-order chi connectivity index (χ1) is 12.4. The van der Waals surface area contributed by atoms with Crippen molar-refractivity contribution in [3.63, 3.8) is 0 Å². The molecule has 1 unspecified atom stereocenters. The zero-order chi connectivity index (χ0) is 18.7. The summed E-state index contributed by atoms with van der Waals surface area (Å²) in [5, 5.41) is 0.390. The van der Waals surface area contributed by atoms with Crippen LogP contribution in [0.25, 0.3) is 0 Å². The van der Waals surface area contributed by atoms with Crippen LogP contribution in [0.4, 0.5) is 0 Å². The summed E-state index contributed by atoms with van der Waals surface area (Å²) in [7, 11) is -3.70. The molecular weight excluding hydrogens is 376 g/mol. The van der Waals surface area contributed by atoms with Gasteiger partial charge < -0.3 is 4.74 Å². The Kier molecular flexibility index (Phi) is 5.60. The Bertz CT molecular complexity index is 917. The highest BCUT2D eigenvalue weighted by atomic mass is 35.5. The fourth-order valence-corrected chi connectivity index (χ4v) is 4.60. The van der Waals surface area contributed by atoms with Gasteiger partial charge in [0.05, 0.1) is 11.4 Å². The number of sulfonamides is 1. The first-order valence-electron chi connectivity index (χ1n) is 8.25. The number of halogens is 1. The number of Topliss-reactive ketones (excluding diaryl/α,β-unsaturated/α-hetero) is 1. The lowest BCUT2D eigenvalue weighted by molar-refractivity contribution is 0.101. The van der Waals surface area contributed by atoms with Crippen LogP contribution in [0, 0.1) is 0 Å². The maximum Gasteiger partial charge on any atom is 0.243 e. The van der Waals surface area contributed by atoms with E-state index in [4.69, 9.17) is 16.3 Å². The van der Waals surface area contributed by atoms with E-state index in [2.05, 4.69) is 4.98 Å². The molecule has 26 heavy (non-hydrogen) atoms. The Morgan fingerprint density at radius 1 is 1.35 bits per heavy atom. The Morgan fingerprint density at radius 3 is 2.88 bits per heavy atom. The van der Waals surface area contributed by atoms with E-state index in [-0.39, 0.29) is 23.3 Å². The monoisotopic (exact) mass is 394 g/mol. The predicted molar refractivity (Wildman–Crippen MR) is 98.1 cm³/mol. The number of rotatable bonds is 5. The lowest BCUT2D eigenvalue weighted by Gasteiger charge is -2.32. The number of nitrogens with zero attached hydrogens (tertiary/aromatic N) is 2. The molecule has 0 bridgehead atoms. The number of aromatic nitrogens is 1. The Hall–Kier alpha value is -1.96. The summed E-state index contributed by atoms with van der Waals surface area (Å²) in [4.78, 5) is 15.6. The summed E-state index contributed by atoms with van der Waals surface area (Å²) in [6, 6.07) is 7.77. The third kappa shape index (κ3) is 4.06. The van der Waals surface area contributed by atoms with Gasteiger partial charge >= 0.3 is 0 Å². The number of ketones is 1. The van der Waals surface area contributed by atoms with Gasteiger partial charge in [0.25, 0.3) is 0 Å². The molecule has 1 fully saturated rings. The van der Waals surface area contributed by atoms with Gasteiger partial charge in [-0.25, -0.2) is 8.42 Å². The zero-order valence-electron chi connectivity index (χ0n) is 14.3. The van der Waals surface area contributed by atoms with Crippen LogP contribution in [0.2, 0.25) is 5.02 Å². The van der Waals surface area contributed by atoms with E-state index in [0.29, 0.717) is 29.3 Å². The minimum Gasteiger partial charge on any atom is -0.487 e. The number of pyridine rings is 1. The number of hydrogen-bond acceptors (Lipinski definition) is 5. The molecule has 0 saturated carbocycles. The molecule has 1 atom stereocenters. The van der Waals surface area contributed by atoms with Crippen molar-refractivity contribution in [2.75, 3.05) is 13.1 Å². The third-order valence-electron chi connectivity index (χ3n) is 4.25. The van der Waals surface area contributed by atoms with Gasteiger partial charge in [0.15, 0.2) is 5.78 Å². The molecule has 0 aliphatic carbocycles. The number of hydrogen-bond donors (Lipinski definition) is 0. The lowest BCUT2D eigenvalue weighted by Crippen LogP contribution is -2.44. The summed E-state index contributed by atoms with van der Waals surface area (Å²) in [6.07, 6.45) is 4.18. The topological polar surface area (TPSA) is 76.6 Å². The molecule has 1 aromatic carbocycles. The number of piperidine rings is 1. The molecule has 0 amide bonds. The number of carbonyl (C=O) groups excluding carboxylic acids is 1. The van der Waals surface area contributed by atoms with Crippen molar-refractivity contribution in [1.29, 1.82) is 0 Å². The molecule has 0 radical (unpaired) electrons. The van der Waals surface area contributed by atoms with Crippen molar-refractivity contribution in [1.82, 2.24) is 9.29 Å². The predicted octanol–water partition coefficient (Wildman–Crippen LogP) is 3.17. The van der Waals surface area contributed by atoms with E-state index in [1.165, 1.54) is 29.6 Å². The molecule has 0 spiro atoms. The average Bonchev–Trinajstić information content (AvgIpc) is 2.64. The van der Waals surface area contributed by atoms with Gasteiger partial charge in [0.2, 0.25) is 10.0 Å². The fraction of sp³-hybridized carbons (Fsp3) is 0.333. The zero-order valence-corrected chi connectivity index (χ0v) is 15.8. The largest absolute Gasteiger partial charge is 0.487 e. The molecule has 2 aromatic rings. The van der Waals surface area contributed by atoms with Crippen molar-refractivity contribution in [3.8, 4) is 5.75 Å². The summed E-state index contributed by atoms with van der Waals surface area (Å²) in [6.45, 7) is 2.05. The van der Waals surface area contributed by atoms with Gasteiger partial charge in [-0.05, 0) is 31.9 Å². The SMILES string of the molecule is CC(=O)c1cccc(S(=O)(=O)N2CCCC(Oc3ccncc3Cl)C2)c1. The average molecular weight is 395 g/mol. The van der Waals surface area contributed by atoms with E-state index in [1.54, 1.807) is 24.4 Å². The van der Waals surface area contributed by atoms with Gasteiger partial charge in [-0.2, -0.15) is 4.31 Å². The highest BCUT2D eigenvalue weighted by Crippen LogP contribution is 2.27. The van der Waals surface area contributed by atoms with E-state index >= 15 is 0 Å². The van der Waals surface area contributed by atoms with Crippen LogP contribution in [0.3, 0.4) is 0 Å². The molecule has 138 valence electrons. The van der Waals surface area contributed by atoms with Crippen molar-refractivity contribution < 1.29 is 17.9 Å². The highest BCUT2D eigenvalue weighted by molar-refractivity contribution is 7.89. The summed E-state index contributed by atoms with van der Waals surface area (Å²) in [5.41, 5.74) is 0.374. The summed E-state index contributed by atoms with van der Waals surface area (Å²) < 4.78 is 33.2. The van der Waals surface area contributed by atoms with Crippen molar-refractivity contribution in [2.24, 2.45) is 0 Å². The molecule has 1 aliphatic heterocycles. The van der Waals surface area contributed by atoms with Crippen LogP contribution in [-0.2, 0) is 10.0 Å².